The Morgan fingerprint density at radius 2 is 2.13 bits per heavy atom. The zero-order chi connectivity index (χ0) is 10.9. The van der Waals surface area contributed by atoms with Crippen LogP contribution < -0.4 is 11.1 Å². The van der Waals surface area contributed by atoms with Crippen LogP contribution in [0, 0.1) is 5.92 Å². The van der Waals surface area contributed by atoms with E-state index in [1.54, 1.807) is 0 Å². The van der Waals surface area contributed by atoms with Gasteiger partial charge in [0, 0.05) is 6.04 Å². The highest BCUT2D eigenvalue weighted by atomic mass is 32.2. The van der Waals surface area contributed by atoms with E-state index in [0.717, 1.165) is 18.5 Å². The molecule has 0 aromatic carbocycles. The molecule has 3 heteroatoms. The van der Waals surface area contributed by atoms with Crippen LogP contribution in [0.2, 0.25) is 0 Å². The van der Waals surface area contributed by atoms with E-state index in [1.165, 1.54) is 50.8 Å². The van der Waals surface area contributed by atoms with E-state index in [1.807, 2.05) is 11.8 Å². The number of hydrogen-bond acceptors (Lipinski definition) is 3. The minimum atomic E-state index is 0.718. The van der Waals surface area contributed by atoms with Crippen LogP contribution in [-0.4, -0.2) is 31.1 Å². The molecule has 0 amide bonds. The monoisotopic (exact) mass is 230 g/mol. The predicted molar refractivity (Wildman–Crippen MR) is 70.4 cm³/mol. The van der Waals surface area contributed by atoms with Crippen molar-refractivity contribution in [3.63, 3.8) is 0 Å². The number of rotatable bonds is 8. The van der Waals surface area contributed by atoms with Crippen molar-refractivity contribution in [2.45, 2.75) is 44.6 Å². The van der Waals surface area contributed by atoms with Gasteiger partial charge >= 0.3 is 0 Å². The summed E-state index contributed by atoms with van der Waals surface area (Å²) in [6.07, 6.45) is 10.3. The number of unbranched alkanes of at least 4 members (excludes halogenated alkanes) is 2. The summed E-state index contributed by atoms with van der Waals surface area (Å²) in [5.74, 6) is 2.06. The second-order valence-corrected chi connectivity index (χ2v) is 5.53. The van der Waals surface area contributed by atoms with Crippen molar-refractivity contribution in [1.82, 2.24) is 5.32 Å². The van der Waals surface area contributed by atoms with Gasteiger partial charge in [-0.1, -0.05) is 12.8 Å². The van der Waals surface area contributed by atoms with Gasteiger partial charge < -0.3 is 11.1 Å². The summed E-state index contributed by atoms with van der Waals surface area (Å²) in [5, 5.41) is 3.67. The van der Waals surface area contributed by atoms with Crippen molar-refractivity contribution in [3.05, 3.63) is 0 Å². The lowest BCUT2D eigenvalue weighted by Crippen LogP contribution is -2.36. The third-order valence-electron chi connectivity index (χ3n) is 3.39. The predicted octanol–water partition coefficient (Wildman–Crippen LogP) is 2.24. The third kappa shape index (κ3) is 5.23. The fourth-order valence-electron chi connectivity index (χ4n) is 2.42. The zero-order valence-corrected chi connectivity index (χ0v) is 10.8. The molecule has 15 heavy (non-hydrogen) atoms. The molecule has 1 aliphatic carbocycles. The van der Waals surface area contributed by atoms with E-state index in [4.69, 9.17) is 5.73 Å². The molecule has 1 aliphatic rings. The van der Waals surface area contributed by atoms with Crippen LogP contribution in [0.25, 0.3) is 0 Å². The molecule has 0 saturated heterocycles. The lowest BCUT2D eigenvalue weighted by molar-refractivity contribution is 0.403. The van der Waals surface area contributed by atoms with Gasteiger partial charge in [-0.2, -0.15) is 11.8 Å². The summed E-state index contributed by atoms with van der Waals surface area (Å²) < 4.78 is 0. The highest BCUT2D eigenvalue weighted by Gasteiger charge is 2.24. The number of nitrogens with two attached hydrogens (primary N) is 1. The van der Waals surface area contributed by atoms with Crippen molar-refractivity contribution in [3.8, 4) is 0 Å². The molecule has 2 atom stereocenters. The SMILES string of the molecule is CSCCCCCNC1CCCC1CN. The van der Waals surface area contributed by atoms with Gasteiger partial charge in [0.15, 0.2) is 0 Å². The van der Waals surface area contributed by atoms with Gasteiger partial charge in [-0.15, -0.1) is 0 Å². The van der Waals surface area contributed by atoms with Crippen LogP contribution in [0.3, 0.4) is 0 Å². The van der Waals surface area contributed by atoms with E-state index in [9.17, 15) is 0 Å². The van der Waals surface area contributed by atoms with Gasteiger partial charge in [0.05, 0.1) is 0 Å². The maximum atomic E-state index is 5.75. The van der Waals surface area contributed by atoms with E-state index in [2.05, 4.69) is 11.6 Å². The van der Waals surface area contributed by atoms with Gasteiger partial charge in [0.1, 0.15) is 0 Å². The number of nitrogens with one attached hydrogen (secondary N) is 1. The first-order valence-corrected chi connectivity index (χ1v) is 7.70. The van der Waals surface area contributed by atoms with Crippen LogP contribution in [0.4, 0.5) is 0 Å². The van der Waals surface area contributed by atoms with Crippen molar-refractivity contribution >= 4 is 11.8 Å². The highest BCUT2D eigenvalue weighted by Crippen LogP contribution is 2.24. The summed E-state index contributed by atoms with van der Waals surface area (Å²) in [6, 6.07) is 0.718. The largest absolute Gasteiger partial charge is 0.330 e. The quantitative estimate of drug-likeness (QED) is 0.628. The first-order valence-electron chi connectivity index (χ1n) is 6.31. The third-order valence-corrected chi connectivity index (χ3v) is 4.09. The first kappa shape index (κ1) is 13.3. The lowest BCUT2D eigenvalue weighted by Gasteiger charge is -2.19. The second-order valence-electron chi connectivity index (χ2n) is 4.54. The molecule has 0 spiro atoms. The normalized spacial score (nSPS) is 26.0. The fraction of sp³-hybridized carbons (Fsp3) is 1.00. The molecule has 0 heterocycles. The molecule has 1 saturated carbocycles. The second kappa shape index (κ2) is 8.43. The Hall–Kier alpha value is 0.270. The van der Waals surface area contributed by atoms with Gasteiger partial charge in [-0.05, 0) is 56.7 Å². The molecule has 3 N–H and O–H groups in total. The smallest absolute Gasteiger partial charge is 0.0107 e. The Morgan fingerprint density at radius 3 is 2.87 bits per heavy atom. The minimum Gasteiger partial charge on any atom is -0.330 e. The number of thioether (sulfide) groups is 1. The average molecular weight is 230 g/mol. The van der Waals surface area contributed by atoms with Crippen LogP contribution in [0.15, 0.2) is 0 Å². The van der Waals surface area contributed by atoms with Crippen molar-refractivity contribution in [2.75, 3.05) is 25.1 Å². The summed E-state index contributed by atoms with van der Waals surface area (Å²) in [6.45, 7) is 2.06. The maximum Gasteiger partial charge on any atom is 0.0107 e. The molecule has 1 rings (SSSR count). The lowest BCUT2D eigenvalue weighted by atomic mass is 10.0. The molecule has 0 bridgehead atoms. The van der Waals surface area contributed by atoms with Crippen LogP contribution >= 0.6 is 11.8 Å². The molecule has 0 aromatic heterocycles. The molecule has 2 nitrogen and oxygen atoms in total. The number of hydrogen-bond donors (Lipinski definition) is 2. The summed E-state index contributed by atoms with van der Waals surface area (Å²) >= 11 is 1.95. The molecule has 0 radical (unpaired) electrons. The molecular formula is C12H26N2S. The van der Waals surface area contributed by atoms with E-state index < -0.39 is 0 Å². The summed E-state index contributed by atoms with van der Waals surface area (Å²) in [4.78, 5) is 0. The van der Waals surface area contributed by atoms with Crippen LogP contribution in [0.5, 0.6) is 0 Å². The van der Waals surface area contributed by atoms with Crippen molar-refractivity contribution < 1.29 is 0 Å². The molecule has 0 aromatic rings. The molecule has 1 fully saturated rings. The standard InChI is InChI=1S/C12H26N2S/c1-15-9-4-2-3-8-14-12-7-5-6-11(12)10-13/h11-12,14H,2-10,13H2,1H3. The first-order chi connectivity index (χ1) is 7.38. The van der Waals surface area contributed by atoms with Crippen LogP contribution in [-0.2, 0) is 0 Å². The Kier molecular flexibility index (Phi) is 7.49. The Morgan fingerprint density at radius 1 is 1.27 bits per heavy atom. The van der Waals surface area contributed by atoms with Gasteiger partial charge in [-0.25, -0.2) is 0 Å². The molecule has 0 aliphatic heterocycles. The van der Waals surface area contributed by atoms with E-state index in [-0.39, 0.29) is 0 Å². The van der Waals surface area contributed by atoms with Crippen molar-refractivity contribution in [1.29, 1.82) is 0 Å². The molecule has 2 unspecified atom stereocenters. The summed E-state index contributed by atoms with van der Waals surface area (Å²) in [7, 11) is 0. The maximum absolute atomic E-state index is 5.75. The molecular weight excluding hydrogens is 204 g/mol. The van der Waals surface area contributed by atoms with Gasteiger partial charge in [-0.3, -0.25) is 0 Å². The van der Waals surface area contributed by atoms with E-state index >= 15 is 0 Å². The van der Waals surface area contributed by atoms with Crippen molar-refractivity contribution in [2.24, 2.45) is 11.7 Å². The fourth-order valence-corrected chi connectivity index (χ4v) is 2.92. The topological polar surface area (TPSA) is 38.0 Å². The van der Waals surface area contributed by atoms with Gasteiger partial charge in [0.25, 0.3) is 0 Å². The average Bonchev–Trinajstić information content (AvgIpc) is 2.70. The minimum absolute atomic E-state index is 0.718. The highest BCUT2D eigenvalue weighted by molar-refractivity contribution is 7.98. The van der Waals surface area contributed by atoms with E-state index in [0.29, 0.717) is 0 Å². The molecule has 90 valence electrons. The van der Waals surface area contributed by atoms with Crippen LogP contribution in [0.1, 0.15) is 38.5 Å². The zero-order valence-electron chi connectivity index (χ0n) is 10.0. The Balaban J connectivity index is 1.95. The Labute approximate surface area is 98.8 Å². The van der Waals surface area contributed by atoms with Gasteiger partial charge in [0.2, 0.25) is 0 Å². The Bertz CT molecular complexity index is 153. The summed E-state index contributed by atoms with van der Waals surface area (Å²) in [5.41, 5.74) is 5.75.